The zero-order chi connectivity index (χ0) is 19.1. The largest absolute Gasteiger partial charge is 0.494 e. The molecule has 1 aliphatic rings. The molecule has 0 saturated carbocycles. The first-order valence-electron chi connectivity index (χ1n) is 8.85. The maximum Gasteiger partial charge on any atom is 0.260 e. The Morgan fingerprint density at radius 3 is 2.44 bits per heavy atom. The number of fused-ring (bicyclic) bond motifs is 1. The molecule has 0 spiro atoms. The third-order valence-electron chi connectivity index (χ3n) is 3.83. The minimum absolute atomic E-state index is 0.198. The lowest BCUT2D eigenvalue weighted by atomic mass is 10.3. The molecule has 1 atom stereocenters. The molecule has 0 fully saturated rings. The first-order valence-corrected chi connectivity index (χ1v) is 8.85. The fourth-order valence-electron chi connectivity index (χ4n) is 2.49. The predicted octanol–water partition coefficient (Wildman–Crippen LogP) is 2.78. The molecule has 1 aliphatic heterocycles. The Morgan fingerprint density at radius 1 is 1.04 bits per heavy atom. The van der Waals surface area contributed by atoms with Crippen LogP contribution in [0.3, 0.4) is 0 Å². The number of carbonyl (C=O) groups excluding carboxylic acids is 1. The summed E-state index contributed by atoms with van der Waals surface area (Å²) in [5, 5.41) is 2.79. The van der Waals surface area contributed by atoms with Crippen LogP contribution >= 0.6 is 0 Å². The van der Waals surface area contributed by atoms with Gasteiger partial charge in [0.15, 0.2) is 17.6 Å². The number of carbonyl (C=O) groups is 1. The van der Waals surface area contributed by atoms with Gasteiger partial charge in [-0.3, -0.25) is 4.79 Å². The van der Waals surface area contributed by atoms with E-state index in [1.807, 2.05) is 31.2 Å². The molecule has 1 N–H and O–H groups in total. The van der Waals surface area contributed by atoms with E-state index in [9.17, 15) is 4.79 Å². The van der Waals surface area contributed by atoms with Crippen molar-refractivity contribution in [2.75, 3.05) is 26.6 Å². The Bertz CT molecular complexity index is 762. The van der Waals surface area contributed by atoms with E-state index in [0.29, 0.717) is 37.0 Å². The lowest BCUT2D eigenvalue weighted by molar-refractivity contribution is -0.127. The summed E-state index contributed by atoms with van der Waals surface area (Å²) in [6.07, 6.45) is -0.643. The normalized spacial score (nSPS) is 13.0. The molecule has 144 valence electrons. The van der Waals surface area contributed by atoms with E-state index in [4.69, 9.17) is 23.7 Å². The maximum absolute atomic E-state index is 12.1. The minimum atomic E-state index is -0.643. The van der Waals surface area contributed by atoms with Crippen molar-refractivity contribution in [2.45, 2.75) is 20.0 Å². The first kappa shape index (κ1) is 18.7. The van der Waals surface area contributed by atoms with Crippen LogP contribution in [-0.2, 0) is 4.79 Å². The maximum atomic E-state index is 12.1. The summed E-state index contributed by atoms with van der Waals surface area (Å²) < 4.78 is 27.2. The van der Waals surface area contributed by atoms with Gasteiger partial charge in [-0.1, -0.05) is 0 Å². The van der Waals surface area contributed by atoms with Crippen LogP contribution in [0.25, 0.3) is 0 Å². The molecule has 7 nitrogen and oxygen atoms in total. The number of hydrogen-bond donors (Lipinski definition) is 1. The highest BCUT2D eigenvalue weighted by molar-refractivity contribution is 5.80. The van der Waals surface area contributed by atoms with Gasteiger partial charge >= 0.3 is 0 Å². The van der Waals surface area contributed by atoms with E-state index in [1.54, 1.807) is 25.1 Å². The van der Waals surface area contributed by atoms with Crippen LogP contribution in [0.1, 0.15) is 13.8 Å². The predicted molar refractivity (Wildman–Crippen MR) is 98.8 cm³/mol. The molecule has 0 aromatic heterocycles. The van der Waals surface area contributed by atoms with E-state index in [-0.39, 0.29) is 12.7 Å². The van der Waals surface area contributed by atoms with Crippen LogP contribution in [0.2, 0.25) is 0 Å². The average molecular weight is 373 g/mol. The molecule has 7 heteroatoms. The van der Waals surface area contributed by atoms with Gasteiger partial charge in [0.05, 0.1) is 13.2 Å². The number of ether oxygens (including phenoxy) is 5. The molecule has 1 unspecified atom stereocenters. The van der Waals surface area contributed by atoms with Gasteiger partial charge in [0, 0.05) is 6.07 Å². The third-order valence-corrected chi connectivity index (χ3v) is 3.83. The van der Waals surface area contributed by atoms with Gasteiger partial charge in [0.25, 0.3) is 5.91 Å². The highest BCUT2D eigenvalue weighted by atomic mass is 16.7. The topological polar surface area (TPSA) is 75.3 Å². The fourth-order valence-corrected chi connectivity index (χ4v) is 2.49. The SMILES string of the molecule is CCOc1ccc(OCCNC(=O)C(C)Oc2ccc3c(c2)OCO3)cc1. The molecular formula is C20H23NO6. The number of amides is 1. The first-order chi connectivity index (χ1) is 13.2. The molecule has 0 saturated heterocycles. The monoisotopic (exact) mass is 373 g/mol. The summed E-state index contributed by atoms with van der Waals surface area (Å²) in [5.74, 6) is 3.13. The molecule has 2 aromatic carbocycles. The molecule has 1 heterocycles. The Kier molecular flexibility index (Phi) is 6.25. The Balaban J connectivity index is 1.38. The van der Waals surface area contributed by atoms with E-state index >= 15 is 0 Å². The number of benzene rings is 2. The summed E-state index contributed by atoms with van der Waals surface area (Å²) in [6.45, 7) is 5.18. The van der Waals surface area contributed by atoms with Gasteiger partial charge in [-0.15, -0.1) is 0 Å². The molecule has 3 rings (SSSR count). The second kappa shape index (κ2) is 9.02. The number of rotatable bonds is 9. The minimum Gasteiger partial charge on any atom is -0.494 e. The van der Waals surface area contributed by atoms with Gasteiger partial charge < -0.3 is 29.0 Å². The van der Waals surface area contributed by atoms with Crippen molar-refractivity contribution in [3.05, 3.63) is 42.5 Å². The lowest BCUT2D eigenvalue weighted by Crippen LogP contribution is -2.38. The van der Waals surface area contributed by atoms with Crippen molar-refractivity contribution >= 4 is 5.91 Å². The molecule has 1 amide bonds. The Hall–Kier alpha value is -3.09. The van der Waals surface area contributed by atoms with Gasteiger partial charge in [-0.05, 0) is 50.2 Å². The van der Waals surface area contributed by atoms with E-state index in [1.165, 1.54) is 0 Å². The lowest BCUT2D eigenvalue weighted by Gasteiger charge is -2.15. The third kappa shape index (κ3) is 5.20. The van der Waals surface area contributed by atoms with E-state index in [0.717, 1.165) is 11.5 Å². The van der Waals surface area contributed by atoms with Crippen LogP contribution in [0.4, 0.5) is 0 Å². The van der Waals surface area contributed by atoms with Crippen molar-refractivity contribution in [1.29, 1.82) is 0 Å². The highest BCUT2D eigenvalue weighted by Gasteiger charge is 2.18. The summed E-state index contributed by atoms with van der Waals surface area (Å²) in [6, 6.07) is 12.6. The average Bonchev–Trinajstić information content (AvgIpc) is 3.14. The number of nitrogens with one attached hydrogen (secondary N) is 1. The van der Waals surface area contributed by atoms with Gasteiger partial charge in [-0.25, -0.2) is 0 Å². The van der Waals surface area contributed by atoms with Crippen molar-refractivity contribution in [3.8, 4) is 28.7 Å². The molecular weight excluding hydrogens is 350 g/mol. The summed E-state index contributed by atoms with van der Waals surface area (Å²) in [7, 11) is 0. The Morgan fingerprint density at radius 2 is 1.70 bits per heavy atom. The fraction of sp³-hybridized carbons (Fsp3) is 0.350. The van der Waals surface area contributed by atoms with Crippen LogP contribution in [0.5, 0.6) is 28.7 Å². The van der Waals surface area contributed by atoms with Crippen LogP contribution in [-0.4, -0.2) is 38.6 Å². The molecule has 0 bridgehead atoms. The highest BCUT2D eigenvalue weighted by Crippen LogP contribution is 2.35. The number of hydrogen-bond acceptors (Lipinski definition) is 6. The zero-order valence-corrected chi connectivity index (χ0v) is 15.4. The van der Waals surface area contributed by atoms with E-state index < -0.39 is 6.10 Å². The second-order valence-electron chi connectivity index (χ2n) is 5.82. The quantitative estimate of drug-likeness (QED) is 0.682. The van der Waals surface area contributed by atoms with Gasteiger partial charge in [0.1, 0.15) is 23.9 Å². The smallest absolute Gasteiger partial charge is 0.260 e. The molecule has 0 aliphatic carbocycles. The Labute approximate surface area is 158 Å². The summed E-state index contributed by atoms with van der Waals surface area (Å²) in [4.78, 5) is 12.1. The van der Waals surface area contributed by atoms with Crippen molar-refractivity contribution in [1.82, 2.24) is 5.32 Å². The molecule has 27 heavy (non-hydrogen) atoms. The molecule has 2 aromatic rings. The van der Waals surface area contributed by atoms with Gasteiger partial charge in [-0.2, -0.15) is 0 Å². The summed E-state index contributed by atoms with van der Waals surface area (Å²) >= 11 is 0. The van der Waals surface area contributed by atoms with Crippen molar-refractivity contribution in [2.24, 2.45) is 0 Å². The second-order valence-corrected chi connectivity index (χ2v) is 5.82. The van der Waals surface area contributed by atoms with E-state index in [2.05, 4.69) is 5.32 Å². The standard InChI is InChI=1S/C20H23NO6/c1-3-23-15-4-6-16(7-5-15)24-11-10-21-20(22)14(2)27-17-8-9-18-19(12-17)26-13-25-18/h4-9,12,14H,3,10-11,13H2,1-2H3,(H,21,22). The van der Waals surface area contributed by atoms with Crippen molar-refractivity contribution < 1.29 is 28.5 Å². The molecule has 0 radical (unpaired) electrons. The van der Waals surface area contributed by atoms with Crippen molar-refractivity contribution in [3.63, 3.8) is 0 Å². The summed E-state index contributed by atoms with van der Waals surface area (Å²) in [5.41, 5.74) is 0. The zero-order valence-electron chi connectivity index (χ0n) is 15.4. The van der Waals surface area contributed by atoms with Crippen LogP contribution in [0.15, 0.2) is 42.5 Å². The van der Waals surface area contributed by atoms with Gasteiger partial charge in [0.2, 0.25) is 6.79 Å². The van der Waals surface area contributed by atoms with Crippen LogP contribution in [0, 0.1) is 0 Å². The van der Waals surface area contributed by atoms with Crippen LogP contribution < -0.4 is 29.0 Å².